The highest BCUT2D eigenvalue weighted by molar-refractivity contribution is 5.81. The number of hydrogen-bond donors (Lipinski definition) is 1. The van der Waals surface area contributed by atoms with Crippen LogP contribution in [-0.4, -0.2) is 32.9 Å². The molecule has 0 aromatic carbocycles. The molecule has 0 spiro atoms. The van der Waals surface area contributed by atoms with E-state index in [0.717, 1.165) is 18.9 Å². The van der Waals surface area contributed by atoms with Crippen molar-refractivity contribution in [3.63, 3.8) is 0 Å². The van der Waals surface area contributed by atoms with E-state index in [1.807, 2.05) is 20.0 Å². The van der Waals surface area contributed by atoms with Gasteiger partial charge in [0.25, 0.3) is 0 Å². The smallest absolute Gasteiger partial charge is 0.240 e. The highest BCUT2D eigenvalue weighted by atomic mass is 16.2. The van der Waals surface area contributed by atoms with Crippen molar-refractivity contribution in [1.29, 1.82) is 0 Å². The molecule has 1 amide bonds. The van der Waals surface area contributed by atoms with Crippen LogP contribution in [0.1, 0.15) is 19.7 Å². The summed E-state index contributed by atoms with van der Waals surface area (Å²) in [6.07, 6.45) is 3.71. The van der Waals surface area contributed by atoms with Gasteiger partial charge in [0.1, 0.15) is 5.82 Å². The third-order valence-corrected chi connectivity index (χ3v) is 3.06. The first-order valence-corrected chi connectivity index (χ1v) is 5.64. The fraction of sp³-hybridized carbons (Fsp3) is 0.636. The van der Waals surface area contributed by atoms with Gasteiger partial charge in [0.2, 0.25) is 5.91 Å². The average molecular weight is 222 g/mol. The van der Waals surface area contributed by atoms with Crippen LogP contribution in [0.4, 0.5) is 0 Å². The Kier molecular flexibility index (Phi) is 2.96. The lowest BCUT2D eigenvalue weighted by molar-refractivity contribution is -0.135. The van der Waals surface area contributed by atoms with Gasteiger partial charge in [-0.2, -0.15) is 0 Å². The van der Waals surface area contributed by atoms with Gasteiger partial charge in [-0.1, -0.05) is 13.8 Å². The number of nitrogens with zero attached hydrogens (tertiary/aromatic N) is 3. The van der Waals surface area contributed by atoms with Gasteiger partial charge < -0.3 is 15.2 Å². The van der Waals surface area contributed by atoms with Gasteiger partial charge in [-0.3, -0.25) is 4.79 Å². The van der Waals surface area contributed by atoms with Crippen molar-refractivity contribution in [3.8, 4) is 0 Å². The van der Waals surface area contributed by atoms with Gasteiger partial charge in [0.05, 0.1) is 12.6 Å². The lowest BCUT2D eigenvalue weighted by Crippen LogP contribution is -2.49. The standard InChI is InChI=1S/C11H18N4O/c1-8(2)10(12)11(16)15-6-5-14-4-3-13-9(14)7-15/h3-4,8,10H,5-7,12H2,1-2H3/t10-/m1/s1. The molecule has 0 radical (unpaired) electrons. The third kappa shape index (κ3) is 1.95. The number of aromatic nitrogens is 2. The summed E-state index contributed by atoms with van der Waals surface area (Å²) in [5, 5.41) is 0. The van der Waals surface area contributed by atoms with E-state index >= 15 is 0 Å². The van der Waals surface area contributed by atoms with Crippen LogP contribution < -0.4 is 5.73 Å². The maximum absolute atomic E-state index is 12.0. The number of imidazole rings is 1. The summed E-state index contributed by atoms with van der Waals surface area (Å²) < 4.78 is 2.07. The van der Waals surface area contributed by atoms with Crippen molar-refractivity contribution < 1.29 is 4.79 Å². The van der Waals surface area contributed by atoms with E-state index in [1.165, 1.54) is 0 Å². The molecule has 2 heterocycles. The van der Waals surface area contributed by atoms with E-state index in [2.05, 4.69) is 9.55 Å². The zero-order chi connectivity index (χ0) is 11.7. The van der Waals surface area contributed by atoms with E-state index in [9.17, 15) is 4.79 Å². The maximum Gasteiger partial charge on any atom is 0.240 e. The van der Waals surface area contributed by atoms with Crippen LogP contribution in [0.25, 0.3) is 0 Å². The topological polar surface area (TPSA) is 64.2 Å². The van der Waals surface area contributed by atoms with Crippen molar-refractivity contribution in [2.75, 3.05) is 6.54 Å². The lowest BCUT2D eigenvalue weighted by Gasteiger charge is -2.30. The number of amides is 1. The van der Waals surface area contributed by atoms with Crippen molar-refractivity contribution in [2.24, 2.45) is 11.7 Å². The summed E-state index contributed by atoms with van der Waals surface area (Å²) in [5.41, 5.74) is 5.87. The molecule has 16 heavy (non-hydrogen) atoms. The van der Waals surface area contributed by atoms with Crippen LogP contribution in [0.3, 0.4) is 0 Å². The quantitative estimate of drug-likeness (QED) is 0.778. The predicted molar refractivity (Wildman–Crippen MR) is 60.5 cm³/mol. The van der Waals surface area contributed by atoms with Gasteiger partial charge in [0.15, 0.2) is 0 Å². The summed E-state index contributed by atoms with van der Waals surface area (Å²) in [7, 11) is 0. The van der Waals surface area contributed by atoms with Crippen LogP contribution in [0.2, 0.25) is 0 Å². The molecule has 0 fully saturated rings. The van der Waals surface area contributed by atoms with Crippen LogP contribution >= 0.6 is 0 Å². The maximum atomic E-state index is 12.0. The van der Waals surface area contributed by atoms with Crippen LogP contribution in [-0.2, 0) is 17.9 Å². The van der Waals surface area contributed by atoms with Crippen molar-refractivity contribution in [1.82, 2.24) is 14.5 Å². The molecule has 1 aromatic rings. The fourth-order valence-corrected chi connectivity index (χ4v) is 1.86. The van der Waals surface area contributed by atoms with E-state index in [-0.39, 0.29) is 11.8 Å². The van der Waals surface area contributed by atoms with E-state index in [4.69, 9.17) is 5.73 Å². The van der Waals surface area contributed by atoms with Crippen LogP contribution in [0.15, 0.2) is 12.4 Å². The highest BCUT2D eigenvalue weighted by Gasteiger charge is 2.26. The average Bonchev–Trinajstić information content (AvgIpc) is 2.73. The van der Waals surface area contributed by atoms with Crippen LogP contribution in [0.5, 0.6) is 0 Å². The number of carbonyl (C=O) groups excluding carboxylic acids is 1. The molecule has 0 aliphatic carbocycles. The number of rotatable bonds is 2. The molecule has 1 aromatic heterocycles. The van der Waals surface area contributed by atoms with E-state index in [1.54, 1.807) is 11.1 Å². The molecule has 1 atom stereocenters. The second kappa shape index (κ2) is 4.25. The highest BCUT2D eigenvalue weighted by Crippen LogP contribution is 2.12. The minimum absolute atomic E-state index is 0.0317. The Morgan fingerprint density at radius 3 is 2.94 bits per heavy atom. The van der Waals surface area contributed by atoms with Gasteiger partial charge in [-0.15, -0.1) is 0 Å². The van der Waals surface area contributed by atoms with Gasteiger partial charge >= 0.3 is 0 Å². The first-order valence-electron chi connectivity index (χ1n) is 5.64. The molecule has 0 saturated heterocycles. The third-order valence-electron chi connectivity index (χ3n) is 3.06. The van der Waals surface area contributed by atoms with Gasteiger partial charge in [0, 0.05) is 25.5 Å². The largest absolute Gasteiger partial charge is 0.332 e. The Bertz CT molecular complexity index is 385. The zero-order valence-corrected chi connectivity index (χ0v) is 9.76. The zero-order valence-electron chi connectivity index (χ0n) is 9.76. The number of fused-ring (bicyclic) bond motifs is 1. The van der Waals surface area contributed by atoms with Gasteiger partial charge in [-0.05, 0) is 5.92 Å². The number of nitrogens with two attached hydrogens (primary N) is 1. The van der Waals surface area contributed by atoms with E-state index < -0.39 is 6.04 Å². The second-order valence-electron chi connectivity index (χ2n) is 4.57. The second-order valence-corrected chi connectivity index (χ2v) is 4.57. The molecule has 2 rings (SSSR count). The van der Waals surface area contributed by atoms with E-state index in [0.29, 0.717) is 6.54 Å². The molecule has 1 aliphatic rings. The summed E-state index contributed by atoms with van der Waals surface area (Å²) in [6, 6.07) is -0.401. The molecule has 0 saturated carbocycles. The normalized spacial score (nSPS) is 17.4. The molecule has 2 N–H and O–H groups in total. The minimum atomic E-state index is -0.401. The number of carbonyl (C=O) groups is 1. The lowest BCUT2D eigenvalue weighted by atomic mass is 10.0. The van der Waals surface area contributed by atoms with Gasteiger partial charge in [-0.25, -0.2) is 4.98 Å². The predicted octanol–water partition coefficient (Wildman–Crippen LogP) is 0.209. The molecule has 0 unspecified atom stereocenters. The summed E-state index contributed by atoms with van der Waals surface area (Å²) in [4.78, 5) is 18.1. The number of hydrogen-bond acceptors (Lipinski definition) is 3. The Balaban J connectivity index is 2.06. The SMILES string of the molecule is CC(C)[C@@H](N)C(=O)N1CCn2ccnc2C1. The first-order chi connectivity index (χ1) is 7.59. The van der Waals surface area contributed by atoms with Crippen molar-refractivity contribution in [3.05, 3.63) is 18.2 Å². The Morgan fingerprint density at radius 1 is 1.50 bits per heavy atom. The first kappa shape index (κ1) is 11.1. The molecule has 88 valence electrons. The van der Waals surface area contributed by atoms with Crippen molar-refractivity contribution in [2.45, 2.75) is 33.0 Å². The Hall–Kier alpha value is -1.36. The molecule has 0 bridgehead atoms. The molecule has 5 heteroatoms. The summed E-state index contributed by atoms with van der Waals surface area (Å²) >= 11 is 0. The molecular formula is C11H18N4O. The van der Waals surface area contributed by atoms with Crippen molar-refractivity contribution >= 4 is 5.91 Å². The monoisotopic (exact) mass is 222 g/mol. The molecule has 5 nitrogen and oxygen atoms in total. The fourth-order valence-electron chi connectivity index (χ4n) is 1.86. The molecular weight excluding hydrogens is 204 g/mol. The Labute approximate surface area is 95.2 Å². The molecule has 1 aliphatic heterocycles. The summed E-state index contributed by atoms with van der Waals surface area (Å²) in [5.74, 6) is 1.15. The Morgan fingerprint density at radius 2 is 2.25 bits per heavy atom. The van der Waals surface area contributed by atoms with Crippen LogP contribution in [0, 0.1) is 5.92 Å². The minimum Gasteiger partial charge on any atom is -0.332 e. The summed E-state index contributed by atoms with van der Waals surface area (Å²) in [6.45, 7) is 6.04.